The predicted molar refractivity (Wildman–Crippen MR) is 103 cm³/mol. The summed E-state index contributed by atoms with van der Waals surface area (Å²) in [4.78, 5) is 0. The topological polar surface area (TPSA) is 0 Å². The Morgan fingerprint density at radius 1 is 0.429 bits per heavy atom. The first-order valence-electron chi connectivity index (χ1n) is 6.29. The molecule has 0 N–H and O–H groups in total. The summed E-state index contributed by atoms with van der Waals surface area (Å²) in [5, 5.41) is 0. The molecule has 0 heterocycles. The van der Waals surface area contributed by atoms with Crippen molar-refractivity contribution in [3.8, 4) is 0 Å². The highest BCUT2D eigenvalue weighted by Gasteiger charge is 2.35. The molecular formula is H16B14. The molecule has 0 aromatic rings. The maximum atomic E-state index is 2.44. The Hall–Kier alpha value is 0.909. The van der Waals surface area contributed by atoms with E-state index in [4.69, 9.17) is 0 Å². The van der Waals surface area contributed by atoms with E-state index in [0.29, 0.717) is 0 Å². The van der Waals surface area contributed by atoms with Crippen molar-refractivity contribution >= 4 is 100 Å². The Morgan fingerprint density at radius 2 is 0.786 bits per heavy atom. The smallest absolute Gasteiger partial charge is 0.00395 e. The van der Waals surface area contributed by atoms with Crippen LogP contribution in [0.3, 0.4) is 0 Å². The van der Waals surface area contributed by atoms with Gasteiger partial charge in [-0.2, -0.15) is 0 Å². The summed E-state index contributed by atoms with van der Waals surface area (Å²) in [6.45, 7) is 0. The molecule has 14 heteroatoms. The summed E-state index contributed by atoms with van der Waals surface area (Å²) in [6, 6.07) is 0. The third kappa shape index (κ3) is 4.19. The Morgan fingerprint density at radius 3 is 1.00 bits per heavy atom. The molecule has 0 spiro atoms. The van der Waals surface area contributed by atoms with Gasteiger partial charge >= 0.3 is 0 Å². The standard InChI is InChI=1S/B14H16/c1-9(2)12(7)13(8)14(10(3)4)11(5)6/h1-8H2. The normalized spacial score (nSPS) is 8.86. The molecule has 0 aliphatic rings. The molecule has 0 amide bonds. The Labute approximate surface area is 100 Å². The molecule has 0 atom stereocenters. The quantitative estimate of drug-likeness (QED) is 0.357. The van der Waals surface area contributed by atoms with E-state index in [1.165, 1.54) is 0 Å². The van der Waals surface area contributed by atoms with Gasteiger partial charge < -0.3 is 0 Å². The summed E-state index contributed by atoms with van der Waals surface area (Å²) >= 11 is 0. The number of rotatable bonds is 5. The van der Waals surface area contributed by atoms with Gasteiger partial charge in [-0.1, -0.05) is 0 Å². The highest BCUT2D eigenvalue weighted by molar-refractivity contribution is 8.08. The molecular weight excluding hydrogens is 151 g/mol. The summed E-state index contributed by atoms with van der Waals surface area (Å²) in [7, 11) is 19.0. The van der Waals surface area contributed by atoms with Crippen LogP contribution in [0.1, 0.15) is 0 Å². The van der Waals surface area contributed by atoms with E-state index < -0.39 is 0 Å². The van der Waals surface area contributed by atoms with E-state index in [0.717, 1.165) is 38.3 Å². The van der Waals surface area contributed by atoms with Crippen LogP contribution in [0.2, 0.25) is 0 Å². The monoisotopic (exact) mass is 170 g/mol. The van der Waals surface area contributed by atoms with Crippen molar-refractivity contribution in [2.24, 2.45) is 0 Å². The maximum Gasteiger partial charge on any atom is 0.0552 e. The molecule has 0 aromatic carbocycles. The second-order valence-corrected chi connectivity index (χ2v) is 6.03. The van der Waals surface area contributed by atoms with E-state index >= 15 is 0 Å². The zero-order chi connectivity index (χ0) is 11.5. The van der Waals surface area contributed by atoms with Crippen molar-refractivity contribution in [3.05, 3.63) is 0 Å². The molecule has 0 unspecified atom stereocenters. The van der Waals surface area contributed by atoms with Crippen LogP contribution in [-0.4, -0.2) is 100 Å². The van der Waals surface area contributed by atoms with Crippen LogP contribution >= 0.6 is 0 Å². The van der Waals surface area contributed by atoms with Gasteiger partial charge in [0.25, 0.3) is 0 Å². The summed E-state index contributed by atoms with van der Waals surface area (Å²) in [5.74, 6) is 0. The molecule has 0 saturated carbocycles. The van der Waals surface area contributed by atoms with Gasteiger partial charge in [0.2, 0.25) is 0 Å². The van der Waals surface area contributed by atoms with Gasteiger partial charge in [0.15, 0.2) is 0 Å². The highest BCUT2D eigenvalue weighted by atomic mass is 13.1. The first-order valence-corrected chi connectivity index (χ1v) is 6.29. The van der Waals surface area contributed by atoms with Crippen LogP contribution in [0.15, 0.2) is 0 Å². The summed E-state index contributed by atoms with van der Waals surface area (Å²) in [5.41, 5.74) is 0. The van der Waals surface area contributed by atoms with Crippen LogP contribution in [0, 0.1) is 0 Å². The molecule has 0 fully saturated rings. The van der Waals surface area contributed by atoms with Gasteiger partial charge in [-0.15, -0.1) is 0 Å². The predicted octanol–water partition coefficient (Wildman–Crippen LogP) is -9.61. The third-order valence-electron chi connectivity index (χ3n) is 4.03. The van der Waals surface area contributed by atoms with Crippen LogP contribution in [0.4, 0.5) is 0 Å². The summed E-state index contributed by atoms with van der Waals surface area (Å²) < 4.78 is 0. The van der Waals surface area contributed by atoms with Gasteiger partial charge in [0, 0.05) is 38.3 Å². The van der Waals surface area contributed by atoms with Gasteiger partial charge in [0.05, 0.1) is 61.9 Å². The van der Waals surface area contributed by atoms with Gasteiger partial charge in [-0.25, -0.2) is 0 Å². The molecule has 0 bridgehead atoms. The van der Waals surface area contributed by atoms with Crippen LogP contribution in [-0.2, 0) is 0 Å². The SMILES string of the molecule is BB(B)B(B)B(B)B(B(B)B)B(B)B. The van der Waals surface area contributed by atoms with Crippen LogP contribution < -0.4 is 0 Å². The largest absolute Gasteiger partial charge is 0.0552 e. The fraction of sp³-hybridized carbons (Fsp3) is 0. The Balaban J connectivity index is 4.51. The lowest BCUT2D eigenvalue weighted by atomic mass is 8.49. The van der Waals surface area contributed by atoms with E-state index in [-0.39, 0.29) is 0 Å². The second kappa shape index (κ2) is 6.48. The molecule has 14 heavy (non-hydrogen) atoms. The Bertz CT molecular complexity index is 136. The zero-order valence-electron chi connectivity index (χ0n) is 11.5. The van der Waals surface area contributed by atoms with Crippen LogP contribution in [0.5, 0.6) is 0 Å². The van der Waals surface area contributed by atoms with E-state index in [1.54, 1.807) is 0 Å². The van der Waals surface area contributed by atoms with Crippen LogP contribution in [0.25, 0.3) is 0 Å². The second-order valence-electron chi connectivity index (χ2n) is 6.03. The molecule has 0 radical (unpaired) electrons. The van der Waals surface area contributed by atoms with E-state index in [9.17, 15) is 0 Å². The average Bonchev–Trinajstić information content (AvgIpc) is 2.01. The minimum absolute atomic E-state index is 0.810. The fourth-order valence-electron chi connectivity index (χ4n) is 2.94. The van der Waals surface area contributed by atoms with Gasteiger partial charge in [0.1, 0.15) is 0 Å². The molecule has 0 aromatic heterocycles. The molecule has 58 valence electrons. The minimum Gasteiger partial charge on any atom is 0.00395 e. The fourth-order valence-corrected chi connectivity index (χ4v) is 2.94. The van der Waals surface area contributed by atoms with Gasteiger partial charge in [-0.05, 0) is 0 Å². The van der Waals surface area contributed by atoms with Gasteiger partial charge in [-0.3, -0.25) is 0 Å². The van der Waals surface area contributed by atoms with Crippen molar-refractivity contribution in [1.82, 2.24) is 0 Å². The Kier molecular flexibility index (Phi) is 6.90. The maximum absolute atomic E-state index is 2.44. The average molecular weight is 167 g/mol. The minimum atomic E-state index is 0.810. The lowest BCUT2D eigenvalue weighted by molar-refractivity contribution is 3.44. The van der Waals surface area contributed by atoms with E-state index in [1.807, 2.05) is 0 Å². The third-order valence-corrected chi connectivity index (χ3v) is 4.03. The van der Waals surface area contributed by atoms with E-state index in [2.05, 4.69) is 61.9 Å². The van der Waals surface area contributed by atoms with Crippen molar-refractivity contribution in [2.45, 2.75) is 0 Å². The molecule has 0 saturated heterocycles. The molecule has 0 aliphatic carbocycles. The lowest BCUT2D eigenvalue weighted by Crippen LogP contribution is -2.70. The lowest BCUT2D eigenvalue weighted by Gasteiger charge is -2.30. The first-order chi connectivity index (χ1) is 6.29. The molecule has 0 rings (SSSR count). The summed E-state index contributed by atoms with van der Waals surface area (Å²) in [6.07, 6.45) is 4.98. The molecule has 0 aliphatic heterocycles. The number of hydrogen-bond acceptors (Lipinski definition) is 0. The molecule has 0 nitrogen and oxygen atoms in total. The van der Waals surface area contributed by atoms with Crippen molar-refractivity contribution in [1.29, 1.82) is 0 Å². The highest BCUT2D eigenvalue weighted by Crippen LogP contribution is 1.95. The van der Waals surface area contributed by atoms with Crippen molar-refractivity contribution in [2.75, 3.05) is 0 Å². The van der Waals surface area contributed by atoms with Crippen molar-refractivity contribution < 1.29 is 0 Å². The zero-order valence-corrected chi connectivity index (χ0v) is 11.5. The first kappa shape index (κ1) is 14.9. The number of hydrogen-bond donors (Lipinski definition) is 0. The van der Waals surface area contributed by atoms with Crippen molar-refractivity contribution in [3.63, 3.8) is 0 Å².